The molecular formula is C11H6BrNO4. The highest BCUT2D eigenvalue weighted by Crippen LogP contribution is 2.25. The molecule has 1 aromatic heterocycles. The van der Waals surface area contributed by atoms with E-state index in [1.165, 1.54) is 0 Å². The lowest BCUT2D eigenvalue weighted by molar-refractivity contribution is 0.0691. The number of nitrogens with zero attached hydrogens (tertiary/aromatic N) is 1. The molecule has 1 aromatic carbocycles. The Morgan fingerprint density at radius 2 is 1.88 bits per heavy atom. The van der Waals surface area contributed by atoms with Gasteiger partial charge in [-0.05, 0) is 28.1 Å². The number of hydrogen-bond acceptors (Lipinski definition) is 3. The predicted octanol–water partition coefficient (Wildman–Crippen LogP) is 2.39. The minimum atomic E-state index is -1.26. The van der Waals surface area contributed by atoms with Crippen LogP contribution in [0, 0.1) is 0 Å². The van der Waals surface area contributed by atoms with Crippen molar-refractivity contribution in [3.63, 3.8) is 0 Å². The topological polar surface area (TPSA) is 87.5 Å². The molecule has 0 radical (unpaired) electrons. The van der Waals surface area contributed by atoms with Gasteiger partial charge in [0.25, 0.3) is 0 Å². The van der Waals surface area contributed by atoms with E-state index in [0.717, 1.165) is 6.07 Å². The Labute approximate surface area is 104 Å². The molecular weight excluding hydrogens is 290 g/mol. The zero-order valence-corrected chi connectivity index (χ0v) is 9.93. The minimum Gasteiger partial charge on any atom is -0.478 e. The van der Waals surface area contributed by atoms with Crippen molar-refractivity contribution in [1.29, 1.82) is 0 Å². The number of pyridine rings is 1. The first kappa shape index (κ1) is 11.5. The van der Waals surface area contributed by atoms with Crippen molar-refractivity contribution in [2.75, 3.05) is 0 Å². The highest BCUT2D eigenvalue weighted by molar-refractivity contribution is 9.10. The zero-order valence-electron chi connectivity index (χ0n) is 8.35. The zero-order chi connectivity index (χ0) is 12.6. The van der Waals surface area contributed by atoms with E-state index < -0.39 is 11.9 Å². The monoisotopic (exact) mass is 295 g/mol. The molecule has 86 valence electrons. The molecule has 0 unspecified atom stereocenters. The van der Waals surface area contributed by atoms with E-state index in [-0.39, 0.29) is 11.3 Å². The van der Waals surface area contributed by atoms with Gasteiger partial charge in [0, 0.05) is 9.86 Å². The maximum Gasteiger partial charge on any atom is 0.354 e. The lowest BCUT2D eigenvalue weighted by Crippen LogP contribution is -2.06. The Morgan fingerprint density at radius 1 is 1.18 bits per heavy atom. The van der Waals surface area contributed by atoms with Crippen LogP contribution in [0.5, 0.6) is 0 Å². The molecule has 0 saturated carbocycles. The van der Waals surface area contributed by atoms with Gasteiger partial charge < -0.3 is 10.2 Å². The third-order valence-corrected chi connectivity index (χ3v) is 2.88. The van der Waals surface area contributed by atoms with Gasteiger partial charge in [0.15, 0.2) is 0 Å². The van der Waals surface area contributed by atoms with E-state index in [4.69, 9.17) is 10.2 Å². The minimum absolute atomic E-state index is 0.0753. The molecule has 0 spiro atoms. The number of benzene rings is 1. The Hall–Kier alpha value is -1.95. The van der Waals surface area contributed by atoms with Crippen molar-refractivity contribution in [3.05, 3.63) is 40.0 Å². The molecule has 0 aliphatic rings. The average molecular weight is 296 g/mol. The summed E-state index contributed by atoms with van der Waals surface area (Å²) in [5.41, 5.74) is -0.0414. The van der Waals surface area contributed by atoms with Crippen LogP contribution in [0.25, 0.3) is 10.9 Å². The summed E-state index contributed by atoms with van der Waals surface area (Å²) in [6.45, 7) is 0. The number of carboxylic acid groups (broad SMARTS) is 2. The molecule has 0 aliphatic heterocycles. The molecule has 0 bridgehead atoms. The number of hydrogen-bond donors (Lipinski definition) is 2. The van der Waals surface area contributed by atoms with Crippen LogP contribution >= 0.6 is 15.9 Å². The van der Waals surface area contributed by atoms with Gasteiger partial charge >= 0.3 is 11.9 Å². The van der Waals surface area contributed by atoms with Crippen molar-refractivity contribution in [2.45, 2.75) is 0 Å². The number of fused-ring (bicyclic) bond motifs is 1. The van der Waals surface area contributed by atoms with E-state index in [1.807, 2.05) is 0 Å². The van der Waals surface area contributed by atoms with Crippen LogP contribution in [0.15, 0.2) is 28.7 Å². The lowest BCUT2D eigenvalue weighted by atomic mass is 10.1. The summed E-state index contributed by atoms with van der Waals surface area (Å²) in [4.78, 5) is 25.8. The molecule has 0 fully saturated rings. The molecule has 5 nitrogen and oxygen atoms in total. The van der Waals surface area contributed by atoms with Crippen LogP contribution in [0.2, 0.25) is 0 Å². The van der Waals surface area contributed by atoms with Gasteiger partial charge in [-0.15, -0.1) is 0 Å². The second-order valence-corrected chi connectivity index (χ2v) is 4.16. The quantitative estimate of drug-likeness (QED) is 0.888. The number of aromatic nitrogens is 1. The summed E-state index contributed by atoms with van der Waals surface area (Å²) >= 11 is 3.22. The summed E-state index contributed by atoms with van der Waals surface area (Å²) in [6, 6.07) is 5.98. The fourth-order valence-electron chi connectivity index (χ4n) is 1.50. The molecule has 6 heteroatoms. The van der Waals surface area contributed by atoms with E-state index in [9.17, 15) is 9.59 Å². The highest BCUT2D eigenvalue weighted by Gasteiger charge is 2.16. The number of para-hydroxylation sites is 1. The van der Waals surface area contributed by atoms with Crippen molar-refractivity contribution < 1.29 is 19.8 Å². The Balaban J connectivity index is 2.91. The third-order valence-electron chi connectivity index (χ3n) is 2.24. The van der Waals surface area contributed by atoms with E-state index >= 15 is 0 Å². The molecule has 2 aromatic rings. The van der Waals surface area contributed by atoms with Crippen LogP contribution in [0.4, 0.5) is 0 Å². The smallest absolute Gasteiger partial charge is 0.354 e. The number of halogens is 1. The Bertz CT molecular complexity index is 639. The normalized spacial score (nSPS) is 10.4. The summed E-state index contributed by atoms with van der Waals surface area (Å²) in [6.07, 6.45) is 0. The first-order chi connectivity index (χ1) is 8.00. The van der Waals surface area contributed by atoms with Gasteiger partial charge in [-0.2, -0.15) is 0 Å². The van der Waals surface area contributed by atoms with Gasteiger partial charge in [0.2, 0.25) is 0 Å². The van der Waals surface area contributed by atoms with Crippen molar-refractivity contribution in [1.82, 2.24) is 4.98 Å². The van der Waals surface area contributed by atoms with Crippen LogP contribution in [-0.2, 0) is 0 Å². The first-order valence-corrected chi connectivity index (χ1v) is 5.36. The van der Waals surface area contributed by atoms with Crippen LogP contribution < -0.4 is 0 Å². The number of aromatic carboxylic acids is 2. The van der Waals surface area contributed by atoms with Crippen molar-refractivity contribution in [2.24, 2.45) is 0 Å². The van der Waals surface area contributed by atoms with E-state index in [2.05, 4.69) is 20.9 Å². The van der Waals surface area contributed by atoms with Crippen LogP contribution in [0.3, 0.4) is 0 Å². The molecule has 2 rings (SSSR count). The molecule has 0 saturated heterocycles. The van der Waals surface area contributed by atoms with Gasteiger partial charge in [0.05, 0.1) is 11.1 Å². The molecule has 0 amide bonds. The summed E-state index contributed by atoms with van der Waals surface area (Å²) in [5.74, 6) is -2.44. The largest absolute Gasteiger partial charge is 0.478 e. The van der Waals surface area contributed by atoms with Gasteiger partial charge in [0.1, 0.15) is 5.69 Å². The summed E-state index contributed by atoms with van der Waals surface area (Å²) in [5, 5.41) is 18.3. The maximum atomic E-state index is 11.1. The number of carboxylic acids is 2. The van der Waals surface area contributed by atoms with Gasteiger partial charge in [-0.25, -0.2) is 14.6 Å². The Kier molecular flexibility index (Phi) is 2.81. The highest BCUT2D eigenvalue weighted by atomic mass is 79.9. The Morgan fingerprint density at radius 3 is 2.47 bits per heavy atom. The van der Waals surface area contributed by atoms with Crippen molar-refractivity contribution >= 4 is 38.8 Å². The second-order valence-electron chi connectivity index (χ2n) is 3.30. The fraction of sp³-hybridized carbons (Fsp3) is 0. The van der Waals surface area contributed by atoms with Crippen LogP contribution in [0.1, 0.15) is 20.8 Å². The number of carbonyl (C=O) groups is 2. The third kappa shape index (κ3) is 1.99. The molecule has 0 atom stereocenters. The fourth-order valence-corrected chi connectivity index (χ4v) is 1.95. The first-order valence-electron chi connectivity index (χ1n) is 4.56. The SMILES string of the molecule is O=C(O)c1cc(C(=O)O)c2cccc(Br)c2n1. The summed E-state index contributed by atoms with van der Waals surface area (Å²) < 4.78 is 0.556. The lowest BCUT2D eigenvalue weighted by Gasteiger charge is -2.05. The molecule has 1 heterocycles. The predicted molar refractivity (Wildman–Crippen MR) is 63.4 cm³/mol. The maximum absolute atomic E-state index is 11.1. The van der Waals surface area contributed by atoms with E-state index in [0.29, 0.717) is 15.4 Å². The standard InChI is InChI=1S/C11H6BrNO4/c12-7-3-1-2-5-6(10(14)15)4-8(11(16)17)13-9(5)7/h1-4H,(H,14,15)(H,16,17). The second kappa shape index (κ2) is 4.14. The number of rotatable bonds is 2. The van der Waals surface area contributed by atoms with Crippen LogP contribution in [-0.4, -0.2) is 27.1 Å². The molecule has 17 heavy (non-hydrogen) atoms. The molecule has 0 aliphatic carbocycles. The summed E-state index contributed by atoms with van der Waals surface area (Å²) in [7, 11) is 0. The molecule has 2 N–H and O–H groups in total. The van der Waals surface area contributed by atoms with Gasteiger partial charge in [-0.1, -0.05) is 12.1 Å². The van der Waals surface area contributed by atoms with Gasteiger partial charge in [-0.3, -0.25) is 0 Å². The van der Waals surface area contributed by atoms with Crippen molar-refractivity contribution in [3.8, 4) is 0 Å². The average Bonchev–Trinajstić information content (AvgIpc) is 2.28. The van der Waals surface area contributed by atoms with E-state index in [1.54, 1.807) is 18.2 Å².